The fourth-order valence-electron chi connectivity index (χ4n) is 4.16. The lowest BCUT2D eigenvalue weighted by atomic mass is 9.97. The Morgan fingerprint density at radius 1 is 1.07 bits per heavy atom. The van der Waals surface area contributed by atoms with Gasteiger partial charge in [0.1, 0.15) is 4.90 Å². The van der Waals surface area contributed by atoms with E-state index in [-0.39, 0.29) is 39.9 Å². The molecule has 0 saturated carbocycles. The number of amides is 1. The summed E-state index contributed by atoms with van der Waals surface area (Å²) in [4.78, 5) is 14.9. The van der Waals surface area contributed by atoms with Crippen molar-refractivity contribution in [1.29, 1.82) is 0 Å². The highest BCUT2D eigenvalue weighted by atomic mass is 35.5. The summed E-state index contributed by atoms with van der Waals surface area (Å²) in [5.41, 5.74) is 0. The first-order valence-electron chi connectivity index (χ1n) is 10.7. The molecule has 0 bridgehead atoms. The zero-order chi connectivity index (χ0) is 21.7. The Hall–Kier alpha value is -0.860. The van der Waals surface area contributed by atoms with Crippen LogP contribution in [0.4, 0.5) is 0 Å². The highest BCUT2D eigenvalue weighted by Crippen LogP contribution is 2.33. The minimum absolute atomic E-state index is 0.0232. The molecule has 9 heteroatoms. The van der Waals surface area contributed by atoms with Crippen LogP contribution >= 0.6 is 23.2 Å². The monoisotopic (exact) mass is 475 g/mol. The summed E-state index contributed by atoms with van der Waals surface area (Å²) < 4.78 is 27.3. The smallest absolute Gasteiger partial charge is 0.246 e. The summed E-state index contributed by atoms with van der Waals surface area (Å²) in [7, 11) is -3.78. The first-order valence-corrected chi connectivity index (χ1v) is 12.9. The van der Waals surface area contributed by atoms with Gasteiger partial charge in [-0.15, -0.1) is 0 Å². The van der Waals surface area contributed by atoms with E-state index in [2.05, 4.69) is 17.1 Å². The Labute approximate surface area is 189 Å². The molecule has 1 aromatic carbocycles. The van der Waals surface area contributed by atoms with E-state index in [1.165, 1.54) is 29.3 Å². The van der Waals surface area contributed by atoms with Gasteiger partial charge in [0.05, 0.1) is 10.0 Å². The van der Waals surface area contributed by atoms with Gasteiger partial charge in [-0.05, 0) is 69.8 Å². The van der Waals surface area contributed by atoms with Gasteiger partial charge in [-0.3, -0.25) is 4.79 Å². The molecule has 0 spiro atoms. The number of carbonyl (C=O) groups excluding carboxylic acids is 1. The van der Waals surface area contributed by atoms with E-state index in [0.29, 0.717) is 19.4 Å². The van der Waals surface area contributed by atoms with Gasteiger partial charge in [0, 0.05) is 25.6 Å². The number of halogens is 2. The van der Waals surface area contributed by atoms with Crippen molar-refractivity contribution >= 4 is 39.1 Å². The quantitative estimate of drug-likeness (QED) is 0.611. The number of likely N-dealkylation sites (tertiary alicyclic amines) is 1. The van der Waals surface area contributed by atoms with E-state index in [9.17, 15) is 13.2 Å². The minimum Gasteiger partial charge on any atom is -0.356 e. The Morgan fingerprint density at radius 3 is 2.27 bits per heavy atom. The fraction of sp³-hybridized carbons (Fsp3) is 0.667. The molecular weight excluding hydrogens is 445 g/mol. The summed E-state index contributed by atoms with van der Waals surface area (Å²) in [5.74, 6) is 0.689. The molecule has 168 valence electrons. The predicted octanol–water partition coefficient (Wildman–Crippen LogP) is 3.63. The van der Waals surface area contributed by atoms with Crippen molar-refractivity contribution in [2.24, 2.45) is 11.8 Å². The molecule has 0 unspecified atom stereocenters. The lowest BCUT2D eigenvalue weighted by molar-refractivity contribution is -0.126. The molecule has 2 fully saturated rings. The SMILES string of the molecule is CC1CCN(CCCNC(=O)C2CCN(S(=O)(=O)c3c(Cl)cccc3Cl)CC2)CC1. The molecule has 0 aromatic heterocycles. The molecule has 6 nitrogen and oxygen atoms in total. The standard InChI is InChI=1S/C21H31Cl2N3O3S/c1-16-6-12-25(13-7-16)11-3-10-24-21(27)17-8-14-26(15-9-17)30(28,29)20-18(22)4-2-5-19(20)23/h2,4-5,16-17H,3,6-15H2,1H3,(H,24,27). The normalized spacial score (nSPS) is 20.4. The lowest BCUT2D eigenvalue weighted by Gasteiger charge is -2.31. The number of nitrogens with one attached hydrogen (secondary N) is 1. The first kappa shape index (κ1) is 23.8. The minimum atomic E-state index is -3.78. The van der Waals surface area contributed by atoms with Crippen LogP contribution in [0.25, 0.3) is 0 Å². The third-order valence-corrected chi connectivity index (χ3v) is 9.02. The molecule has 2 saturated heterocycles. The van der Waals surface area contributed by atoms with E-state index in [0.717, 1.165) is 32.0 Å². The maximum Gasteiger partial charge on any atom is 0.246 e. The van der Waals surface area contributed by atoms with Crippen molar-refractivity contribution < 1.29 is 13.2 Å². The molecule has 0 atom stereocenters. The molecule has 1 N–H and O–H groups in total. The molecular formula is C21H31Cl2N3O3S. The third-order valence-electron chi connectivity index (χ3n) is 6.17. The summed E-state index contributed by atoms with van der Waals surface area (Å²) in [6, 6.07) is 4.65. The average molecular weight is 476 g/mol. The second-order valence-electron chi connectivity index (χ2n) is 8.40. The maximum absolute atomic E-state index is 12.9. The van der Waals surface area contributed by atoms with E-state index in [1.807, 2.05) is 0 Å². The van der Waals surface area contributed by atoms with Crippen LogP contribution < -0.4 is 5.32 Å². The Bertz CT molecular complexity index is 814. The van der Waals surface area contributed by atoms with Crippen LogP contribution in [0.2, 0.25) is 10.0 Å². The second-order valence-corrected chi connectivity index (χ2v) is 11.1. The third kappa shape index (κ3) is 5.88. The Balaban J connectivity index is 1.43. The zero-order valence-corrected chi connectivity index (χ0v) is 19.8. The van der Waals surface area contributed by atoms with Crippen LogP contribution in [-0.2, 0) is 14.8 Å². The number of benzene rings is 1. The first-order chi connectivity index (χ1) is 14.3. The van der Waals surface area contributed by atoms with Gasteiger partial charge in [-0.25, -0.2) is 8.42 Å². The Morgan fingerprint density at radius 2 is 1.67 bits per heavy atom. The molecule has 1 aromatic rings. The van der Waals surface area contributed by atoms with Crippen LogP contribution in [-0.4, -0.2) is 62.8 Å². The van der Waals surface area contributed by atoms with Crippen LogP contribution in [0.3, 0.4) is 0 Å². The maximum atomic E-state index is 12.9. The summed E-state index contributed by atoms with van der Waals surface area (Å²) >= 11 is 12.2. The van der Waals surface area contributed by atoms with Crippen LogP contribution in [0, 0.1) is 11.8 Å². The van der Waals surface area contributed by atoms with Crippen LogP contribution in [0.15, 0.2) is 23.1 Å². The molecule has 2 aliphatic heterocycles. The zero-order valence-electron chi connectivity index (χ0n) is 17.4. The van der Waals surface area contributed by atoms with Gasteiger partial charge in [0.15, 0.2) is 0 Å². The van der Waals surface area contributed by atoms with E-state index < -0.39 is 10.0 Å². The second kappa shape index (κ2) is 10.6. The fourth-order valence-corrected chi connectivity index (χ4v) is 6.72. The van der Waals surface area contributed by atoms with Gasteiger partial charge in [0.2, 0.25) is 15.9 Å². The van der Waals surface area contributed by atoms with Crippen molar-refractivity contribution in [3.63, 3.8) is 0 Å². The van der Waals surface area contributed by atoms with Gasteiger partial charge < -0.3 is 10.2 Å². The van der Waals surface area contributed by atoms with Crippen molar-refractivity contribution in [3.8, 4) is 0 Å². The van der Waals surface area contributed by atoms with Crippen molar-refractivity contribution in [3.05, 3.63) is 28.2 Å². The number of rotatable bonds is 7. The van der Waals surface area contributed by atoms with Gasteiger partial charge in [-0.2, -0.15) is 4.31 Å². The van der Waals surface area contributed by atoms with Gasteiger partial charge in [0.25, 0.3) is 0 Å². The van der Waals surface area contributed by atoms with Gasteiger partial charge >= 0.3 is 0 Å². The van der Waals surface area contributed by atoms with Crippen molar-refractivity contribution in [2.45, 2.75) is 43.9 Å². The molecule has 30 heavy (non-hydrogen) atoms. The predicted molar refractivity (Wildman–Crippen MR) is 120 cm³/mol. The largest absolute Gasteiger partial charge is 0.356 e. The van der Waals surface area contributed by atoms with Crippen LogP contribution in [0.5, 0.6) is 0 Å². The average Bonchev–Trinajstić information content (AvgIpc) is 2.72. The highest BCUT2D eigenvalue weighted by molar-refractivity contribution is 7.89. The highest BCUT2D eigenvalue weighted by Gasteiger charge is 2.34. The molecule has 3 rings (SSSR count). The molecule has 1 amide bonds. The number of hydrogen-bond acceptors (Lipinski definition) is 4. The van der Waals surface area contributed by atoms with E-state index >= 15 is 0 Å². The molecule has 2 heterocycles. The number of nitrogens with zero attached hydrogens (tertiary/aromatic N) is 2. The summed E-state index contributed by atoms with van der Waals surface area (Å²) in [5, 5.41) is 3.26. The Kier molecular flexibility index (Phi) is 8.44. The summed E-state index contributed by atoms with van der Waals surface area (Å²) in [6.45, 7) is 6.86. The lowest BCUT2D eigenvalue weighted by Crippen LogP contribution is -2.43. The van der Waals surface area contributed by atoms with E-state index in [4.69, 9.17) is 23.2 Å². The van der Waals surface area contributed by atoms with Gasteiger partial charge in [-0.1, -0.05) is 36.2 Å². The van der Waals surface area contributed by atoms with E-state index in [1.54, 1.807) is 6.07 Å². The number of piperidine rings is 2. The summed E-state index contributed by atoms with van der Waals surface area (Å²) in [6.07, 6.45) is 4.45. The molecule has 0 radical (unpaired) electrons. The number of sulfonamides is 1. The molecule has 2 aliphatic rings. The number of hydrogen-bond donors (Lipinski definition) is 1. The number of carbonyl (C=O) groups is 1. The topological polar surface area (TPSA) is 69.7 Å². The van der Waals surface area contributed by atoms with Crippen molar-refractivity contribution in [2.75, 3.05) is 39.3 Å². The van der Waals surface area contributed by atoms with Crippen LogP contribution in [0.1, 0.15) is 39.0 Å². The molecule has 0 aliphatic carbocycles. The van der Waals surface area contributed by atoms with Crippen molar-refractivity contribution in [1.82, 2.24) is 14.5 Å².